The van der Waals surface area contributed by atoms with Crippen molar-refractivity contribution in [2.45, 2.75) is 25.3 Å². The maximum absolute atomic E-state index is 11.6. The fourth-order valence-electron chi connectivity index (χ4n) is 2.62. The molecule has 0 unspecified atom stereocenters. The van der Waals surface area contributed by atoms with Crippen LogP contribution in [0.2, 0.25) is 0 Å². The molecule has 1 aliphatic rings. The second-order valence-electron chi connectivity index (χ2n) is 6.29. The average Bonchev–Trinajstić information content (AvgIpc) is 2.64. The quantitative estimate of drug-likeness (QED) is 0.714. The standard InChI is InChI=1S/C18H22N6O3/c1-24(18(26)27-2)13-8-6-12(7-9-13)22-17-20-10-14(15(19)25)16(23-17)21-11-4-3-5-11/h6-11H,3-5H2,1-2H3,(H2,19,25)(H2,20,21,22,23). The lowest BCUT2D eigenvalue weighted by molar-refractivity contribution is 0.100. The molecule has 142 valence electrons. The van der Waals surface area contributed by atoms with E-state index in [4.69, 9.17) is 5.73 Å². The van der Waals surface area contributed by atoms with Gasteiger partial charge in [0.05, 0.1) is 12.7 Å². The van der Waals surface area contributed by atoms with Gasteiger partial charge in [-0.15, -0.1) is 0 Å². The van der Waals surface area contributed by atoms with Gasteiger partial charge < -0.3 is 21.1 Å². The largest absolute Gasteiger partial charge is 0.452 e. The molecule has 2 aromatic rings. The second kappa shape index (κ2) is 7.90. The Bertz CT molecular complexity index is 835. The molecule has 1 aliphatic carbocycles. The van der Waals surface area contributed by atoms with E-state index in [1.807, 2.05) is 0 Å². The molecule has 2 amide bonds. The lowest BCUT2D eigenvalue weighted by Gasteiger charge is -2.27. The Balaban J connectivity index is 1.75. The molecule has 9 nitrogen and oxygen atoms in total. The van der Waals surface area contributed by atoms with E-state index in [2.05, 4.69) is 25.3 Å². The first kappa shape index (κ1) is 18.4. The van der Waals surface area contributed by atoms with Crippen molar-refractivity contribution in [2.75, 3.05) is 29.7 Å². The molecule has 1 saturated carbocycles. The van der Waals surface area contributed by atoms with Crippen LogP contribution in [0.3, 0.4) is 0 Å². The molecule has 1 aromatic heterocycles. The molecule has 3 rings (SSSR count). The summed E-state index contributed by atoms with van der Waals surface area (Å²) in [6.45, 7) is 0. The van der Waals surface area contributed by atoms with Gasteiger partial charge in [-0.2, -0.15) is 4.98 Å². The summed E-state index contributed by atoms with van der Waals surface area (Å²) < 4.78 is 4.69. The highest BCUT2D eigenvalue weighted by Gasteiger charge is 2.21. The second-order valence-corrected chi connectivity index (χ2v) is 6.29. The number of benzene rings is 1. The zero-order valence-corrected chi connectivity index (χ0v) is 15.2. The first-order valence-electron chi connectivity index (χ1n) is 8.60. The van der Waals surface area contributed by atoms with E-state index in [9.17, 15) is 9.59 Å². The first-order chi connectivity index (χ1) is 13.0. The summed E-state index contributed by atoms with van der Waals surface area (Å²) in [5.74, 6) is 0.209. The van der Waals surface area contributed by atoms with Crippen LogP contribution in [0.1, 0.15) is 29.6 Å². The lowest BCUT2D eigenvalue weighted by atomic mass is 9.93. The van der Waals surface area contributed by atoms with Crippen molar-refractivity contribution in [1.29, 1.82) is 0 Å². The van der Waals surface area contributed by atoms with E-state index >= 15 is 0 Å². The van der Waals surface area contributed by atoms with Crippen LogP contribution in [0.25, 0.3) is 0 Å². The third-order valence-electron chi connectivity index (χ3n) is 4.46. The SMILES string of the molecule is COC(=O)N(C)c1ccc(Nc2ncc(C(N)=O)c(NC3CCC3)n2)cc1. The first-order valence-corrected chi connectivity index (χ1v) is 8.60. The summed E-state index contributed by atoms with van der Waals surface area (Å²) in [5.41, 5.74) is 7.10. The van der Waals surface area contributed by atoms with Crippen LogP contribution >= 0.6 is 0 Å². The molecule has 0 aliphatic heterocycles. The number of nitrogens with one attached hydrogen (secondary N) is 2. The summed E-state index contributed by atoms with van der Waals surface area (Å²) >= 11 is 0. The number of carbonyl (C=O) groups excluding carboxylic acids is 2. The summed E-state index contributed by atoms with van der Waals surface area (Å²) in [7, 11) is 2.95. The third-order valence-corrected chi connectivity index (χ3v) is 4.46. The Morgan fingerprint density at radius 1 is 1.26 bits per heavy atom. The topological polar surface area (TPSA) is 122 Å². The number of rotatable bonds is 6. The molecule has 0 atom stereocenters. The molecule has 0 radical (unpaired) electrons. The predicted octanol–water partition coefficient (Wildman–Crippen LogP) is 2.49. The highest BCUT2D eigenvalue weighted by Crippen LogP contribution is 2.25. The molecule has 0 bridgehead atoms. The molecule has 1 aromatic carbocycles. The van der Waals surface area contributed by atoms with Gasteiger partial charge in [0.15, 0.2) is 0 Å². The summed E-state index contributed by atoms with van der Waals surface area (Å²) in [5, 5.41) is 6.33. The number of carbonyl (C=O) groups is 2. The van der Waals surface area contributed by atoms with Gasteiger partial charge in [-0.25, -0.2) is 9.78 Å². The number of aromatic nitrogens is 2. The van der Waals surface area contributed by atoms with Gasteiger partial charge in [0, 0.05) is 30.7 Å². The van der Waals surface area contributed by atoms with E-state index < -0.39 is 12.0 Å². The van der Waals surface area contributed by atoms with Gasteiger partial charge >= 0.3 is 6.09 Å². The molecule has 4 N–H and O–H groups in total. The van der Waals surface area contributed by atoms with E-state index in [-0.39, 0.29) is 5.56 Å². The summed E-state index contributed by atoms with van der Waals surface area (Å²) in [6, 6.07) is 7.42. The van der Waals surface area contributed by atoms with Crippen molar-refractivity contribution in [1.82, 2.24) is 9.97 Å². The number of amides is 2. The maximum Gasteiger partial charge on any atom is 0.413 e. The van der Waals surface area contributed by atoms with E-state index in [1.54, 1.807) is 31.3 Å². The van der Waals surface area contributed by atoms with Crippen LogP contribution in [0.5, 0.6) is 0 Å². The van der Waals surface area contributed by atoms with Crippen LogP contribution < -0.4 is 21.3 Å². The van der Waals surface area contributed by atoms with Crippen LogP contribution in [0, 0.1) is 0 Å². The van der Waals surface area contributed by atoms with Gasteiger partial charge in [-0.05, 0) is 43.5 Å². The molecular weight excluding hydrogens is 348 g/mol. The van der Waals surface area contributed by atoms with Gasteiger partial charge in [-0.1, -0.05) is 0 Å². The Morgan fingerprint density at radius 3 is 2.52 bits per heavy atom. The summed E-state index contributed by atoms with van der Waals surface area (Å²) in [6.07, 6.45) is 4.21. The highest BCUT2D eigenvalue weighted by molar-refractivity contribution is 5.97. The maximum atomic E-state index is 11.6. The number of nitrogens with zero attached hydrogens (tertiary/aromatic N) is 3. The zero-order chi connectivity index (χ0) is 19.4. The van der Waals surface area contributed by atoms with Gasteiger partial charge in [0.2, 0.25) is 5.95 Å². The Morgan fingerprint density at radius 2 is 1.96 bits per heavy atom. The number of primary amides is 1. The fraction of sp³-hybridized carbons (Fsp3) is 0.333. The molecule has 1 fully saturated rings. The number of hydrogen-bond acceptors (Lipinski definition) is 7. The van der Waals surface area contributed by atoms with Crippen molar-refractivity contribution in [2.24, 2.45) is 5.73 Å². The van der Waals surface area contributed by atoms with Crippen molar-refractivity contribution in [3.8, 4) is 0 Å². The van der Waals surface area contributed by atoms with Crippen LogP contribution in [-0.4, -0.2) is 42.2 Å². The van der Waals surface area contributed by atoms with Gasteiger partial charge in [0.25, 0.3) is 5.91 Å². The highest BCUT2D eigenvalue weighted by atomic mass is 16.5. The third kappa shape index (κ3) is 4.25. The van der Waals surface area contributed by atoms with Crippen molar-refractivity contribution < 1.29 is 14.3 Å². The predicted molar refractivity (Wildman–Crippen MR) is 102 cm³/mol. The molecule has 0 spiro atoms. The minimum Gasteiger partial charge on any atom is -0.452 e. The normalized spacial score (nSPS) is 13.4. The van der Waals surface area contributed by atoms with E-state index in [0.29, 0.717) is 23.5 Å². The average molecular weight is 370 g/mol. The number of ether oxygens (including phenoxy) is 1. The smallest absolute Gasteiger partial charge is 0.413 e. The minimum atomic E-state index is -0.571. The van der Waals surface area contributed by atoms with Crippen LogP contribution in [-0.2, 0) is 4.74 Å². The number of methoxy groups -OCH3 is 1. The lowest BCUT2D eigenvalue weighted by Crippen LogP contribution is -2.29. The van der Waals surface area contributed by atoms with E-state index in [0.717, 1.165) is 24.9 Å². The number of anilines is 4. The number of nitrogens with two attached hydrogens (primary N) is 1. The Labute approximate surface area is 156 Å². The molecule has 9 heteroatoms. The molecule has 1 heterocycles. The van der Waals surface area contributed by atoms with Crippen molar-refractivity contribution >= 4 is 35.1 Å². The van der Waals surface area contributed by atoms with Crippen LogP contribution in [0.15, 0.2) is 30.5 Å². The van der Waals surface area contributed by atoms with Gasteiger partial charge in [-0.3, -0.25) is 9.69 Å². The van der Waals surface area contributed by atoms with Crippen molar-refractivity contribution in [3.63, 3.8) is 0 Å². The molecule has 27 heavy (non-hydrogen) atoms. The Hall–Kier alpha value is -3.36. The van der Waals surface area contributed by atoms with Crippen LogP contribution in [0.4, 0.5) is 27.9 Å². The molecule has 0 saturated heterocycles. The van der Waals surface area contributed by atoms with Crippen molar-refractivity contribution in [3.05, 3.63) is 36.0 Å². The molecular formula is C18H22N6O3. The minimum absolute atomic E-state index is 0.266. The van der Waals surface area contributed by atoms with Gasteiger partial charge in [0.1, 0.15) is 5.82 Å². The summed E-state index contributed by atoms with van der Waals surface area (Å²) in [4.78, 5) is 33.1. The Kier molecular flexibility index (Phi) is 5.39. The zero-order valence-electron chi connectivity index (χ0n) is 15.2. The fourth-order valence-corrected chi connectivity index (χ4v) is 2.62. The van der Waals surface area contributed by atoms with E-state index in [1.165, 1.54) is 18.2 Å². The monoisotopic (exact) mass is 370 g/mol. The number of hydrogen-bond donors (Lipinski definition) is 3.